The molecular weight excluding hydrogens is 326 g/mol. The number of rotatable bonds is 6. The molecule has 0 saturated carbocycles. The summed E-state index contributed by atoms with van der Waals surface area (Å²) in [6, 6.07) is 7.13. The minimum Gasteiger partial charge on any atom is -0.320 e. The van der Waals surface area contributed by atoms with Crippen molar-refractivity contribution in [3.63, 3.8) is 0 Å². The van der Waals surface area contributed by atoms with Gasteiger partial charge in [-0.15, -0.1) is 0 Å². The normalized spacial score (nSPS) is 19.4. The molecule has 7 heteroatoms. The Labute approximate surface area is 144 Å². The molecule has 1 aromatic rings. The molecule has 1 heterocycles. The van der Waals surface area contributed by atoms with Gasteiger partial charge in [-0.3, -0.25) is 0 Å². The van der Waals surface area contributed by atoms with Gasteiger partial charge in [-0.25, -0.2) is 13.2 Å². The Morgan fingerprint density at radius 1 is 1.21 bits per heavy atom. The number of amides is 2. The summed E-state index contributed by atoms with van der Waals surface area (Å²) in [5.41, 5.74) is 1.85. The maximum atomic E-state index is 12.7. The smallest absolute Gasteiger partial charge is 0.320 e. The Kier molecular flexibility index (Phi) is 6.23. The number of carbonyl (C=O) groups excluding carboxylic acids is 1. The van der Waals surface area contributed by atoms with E-state index in [0.717, 1.165) is 24.2 Å². The second-order valence-corrected chi connectivity index (χ2v) is 8.93. The molecule has 0 spiro atoms. The van der Waals surface area contributed by atoms with E-state index >= 15 is 0 Å². The van der Waals surface area contributed by atoms with E-state index in [1.54, 1.807) is 4.90 Å². The summed E-state index contributed by atoms with van der Waals surface area (Å²) in [6.45, 7) is 3.40. The topological polar surface area (TPSA) is 69.7 Å². The molecule has 2 amide bonds. The number of anilines is 1. The van der Waals surface area contributed by atoms with Crippen LogP contribution in [0.25, 0.3) is 0 Å². The van der Waals surface area contributed by atoms with E-state index < -0.39 is 9.84 Å². The van der Waals surface area contributed by atoms with Crippen molar-refractivity contribution in [3.05, 3.63) is 29.8 Å². The van der Waals surface area contributed by atoms with E-state index in [9.17, 15) is 13.2 Å². The zero-order chi connectivity index (χ0) is 17.7. The van der Waals surface area contributed by atoms with Gasteiger partial charge in [-0.05, 0) is 52.5 Å². The first-order chi connectivity index (χ1) is 11.3. The SMILES string of the molecule is Cc1ccc(NC(=O)N(CCCN(C)C)C2CCS(=O)(=O)C2)cc1. The molecular formula is C17H27N3O3S. The van der Waals surface area contributed by atoms with Crippen LogP contribution in [0.15, 0.2) is 24.3 Å². The van der Waals surface area contributed by atoms with Gasteiger partial charge in [0.1, 0.15) is 0 Å². The Morgan fingerprint density at radius 3 is 2.42 bits per heavy atom. The van der Waals surface area contributed by atoms with Crippen molar-refractivity contribution in [2.24, 2.45) is 0 Å². The molecule has 1 atom stereocenters. The van der Waals surface area contributed by atoms with E-state index in [0.29, 0.717) is 13.0 Å². The van der Waals surface area contributed by atoms with Gasteiger partial charge in [-0.1, -0.05) is 17.7 Å². The molecule has 0 aromatic heterocycles. The fourth-order valence-corrected chi connectivity index (χ4v) is 4.59. The third-order valence-corrected chi connectivity index (χ3v) is 5.97. The molecule has 2 rings (SSSR count). The molecule has 0 radical (unpaired) electrons. The van der Waals surface area contributed by atoms with Crippen LogP contribution in [0.4, 0.5) is 10.5 Å². The summed E-state index contributed by atoms with van der Waals surface area (Å²) >= 11 is 0. The number of carbonyl (C=O) groups is 1. The number of benzene rings is 1. The standard InChI is InChI=1S/C17H27N3O3S/c1-14-5-7-15(8-6-14)18-17(21)20(11-4-10-19(2)3)16-9-12-24(22,23)13-16/h5-8,16H,4,9-13H2,1-3H3,(H,18,21). The quantitative estimate of drug-likeness (QED) is 0.849. The highest BCUT2D eigenvalue weighted by atomic mass is 32.2. The van der Waals surface area contributed by atoms with Crippen molar-refractivity contribution < 1.29 is 13.2 Å². The van der Waals surface area contributed by atoms with E-state index in [4.69, 9.17) is 0 Å². The lowest BCUT2D eigenvalue weighted by Crippen LogP contribution is -2.44. The molecule has 1 fully saturated rings. The predicted octanol–water partition coefficient (Wildman–Crippen LogP) is 1.97. The summed E-state index contributed by atoms with van der Waals surface area (Å²) in [5.74, 6) is 0.232. The molecule has 1 saturated heterocycles. The maximum Gasteiger partial charge on any atom is 0.322 e. The summed E-state index contributed by atoms with van der Waals surface area (Å²) in [7, 11) is 0.940. The summed E-state index contributed by atoms with van der Waals surface area (Å²) in [6.07, 6.45) is 1.33. The largest absolute Gasteiger partial charge is 0.322 e. The van der Waals surface area contributed by atoms with E-state index in [-0.39, 0.29) is 23.6 Å². The van der Waals surface area contributed by atoms with Crippen molar-refractivity contribution in [3.8, 4) is 0 Å². The highest BCUT2D eigenvalue weighted by molar-refractivity contribution is 7.91. The maximum absolute atomic E-state index is 12.7. The Hall–Kier alpha value is -1.60. The second kappa shape index (κ2) is 7.98. The molecule has 1 N–H and O–H groups in total. The van der Waals surface area contributed by atoms with Gasteiger partial charge in [0.05, 0.1) is 11.5 Å². The average molecular weight is 353 g/mol. The van der Waals surface area contributed by atoms with Gasteiger partial charge in [0, 0.05) is 18.3 Å². The molecule has 1 unspecified atom stereocenters. The zero-order valence-electron chi connectivity index (χ0n) is 14.7. The van der Waals surface area contributed by atoms with Crippen LogP contribution in [0, 0.1) is 6.92 Å². The zero-order valence-corrected chi connectivity index (χ0v) is 15.5. The third-order valence-electron chi connectivity index (χ3n) is 4.22. The third kappa shape index (κ3) is 5.49. The van der Waals surface area contributed by atoms with Crippen molar-refractivity contribution in [2.75, 3.05) is 44.0 Å². The number of aryl methyl sites for hydroxylation is 1. The molecule has 0 aliphatic carbocycles. The van der Waals surface area contributed by atoms with Crippen LogP contribution < -0.4 is 5.32 Å². The van der Waals surface area contributed by atoms with Gasteiger partial charge in [0.25, 0.3) is 0 Å². The van der Waals surface area contributed by atoms with Crippen molar-refractivity contribution in [1.82, 2.24) is 9.80 Å². The minimum absolute atomic E-state index is 0.0658. The van der Waals surface area contributed by atoms with Crippen molar-refractivity contribution >= 4 is 21.6 Å². The number of urea groups is 1. The molecule has 1 aliphatic heterocycles. The second-order valence-electron chi connectivity index (χ2n) is 6.70. The first-order valence-electron chi connectivity index (χ1n) is 8.26. The summed E-state index contributed by atoms with van der Waals surface area (Å²) < 4.78 is 23.6. The predicted molar refractivity (Wildman–Crippen MR) is 97.1 cm³/mol. The number of nitrogens with one attached hydrogen (secondary N) is 1. The average Bonchev–Trinajstić information content (AvgIpc) is 2.85. The van der Waals surface area contributed by atoms with Gasteiger partial charge in [-0.2, -0.15) is 0 Å². The van der Waals surface area contributed by atoms with Crippen LogP contribution in [-0.4, -0.2) is 69.0 Å². The van der Waals surface area contributed by atoms with Crippen molar-refractivity contribution in [2.45, 2.75) is 25.8 Å². The van der Waals surface area contributed by atoms with E-state index in [1.165, 1.54) is 0 Å². The number of hydrogen-bond donors (Lipinski definition) is 1. The molecule has 1 aliphatic rings. The van der Waals surface area contributed by atoms with Crippen LogP contribution in [0.3, 0.4) is 0 Å². The Bertz CT molecular complexity index is 656. The lowest BCUT2D eigenvalue weighted by atomic mass is 10.2. The van der Waals surface area contributed by atoms with Crippen LogP contribution >= 0.6 is 0 Å². The highest BCUT2D eigenvalue weighted by Crippen LogP contribution is 2.20. The first-order valence-corrected chi connectivity index (χ1v) is 10.1. The first kappa shape index (κ1) is 18.7. The number of nitrogens with zero attached hydrogens (tertiary/aromatic N) is 2. The molecule has 134 valence electrons. The van der Waals surface area contributed by atoms with Crippen LogP contribution in [0.1, 0.15) is 18.4 Å². The van der Waals surface area contributed by atoms with Crippen LogP contribution in [-0.2, 0) is 9.84 Å². The van der Waals surface area contributed by atoms with Crippen LogP contribution in [0.5, 0.6) is 0 Å². The Balaban J connectivity index is 2.05. The van der Waals surface area contributed by atoms with Gasteiger partial charge in [0.15, 0.2) is 9.84 Å². The Morgan fingerprint density at radius 2 is 1.88 bits per heavy atom. The molecule has 24 heavy (non-hydrogen) atoms. The van der Waals surface area contributed by atoms with Crippen LogP contribution in [0.2, 0.25) is 0 Å². The summed E-state index contributed by atoms with van der Waals surface area (Å²) in [4.78, 5) is 16.4. The molecule has 1 aromatic carbocycles. The lowest BCUT2D eigenvalue weighted by molar-refractivity contribution is 0.190. The summed E-state index contributed by atoms with van der Waals surface area (Å²) in [5, 5.41) is 2.89. The lowest BCUT2D eigenvalue weighted by Gasteiger charge is -2.29. The van der Waals surface area contributed by atoms with Gasteiger partial charge in [0.2, 0.25) is 0 Å². The highest BCUT2D eigenvalue weighted by Gasteiger charge is 2.34. The van der Waals surface area contributed by atoms with Gasteiger partial charge < -0.3 is 15.1 Å². The fraction of sp³-hybridized carbons (Fsp3) is 0.588. The van der Waals surface area contributed by atoms with E-state index in [1.807, 2.05) is 45.3 Å². The number of hydrogen-bond acceptors (Lipinski definition) is 4. The minimum atomic E-state index is -3.03. The van der Waals surface area contributed by atoms with Gasteiger partial charge >= 0.3 is 6.03 Å². The molecule has 6 nitrogen and oxygen atoms in total. The number of sulfone groups is 1. The monoisotopic (exact) mass is 353 g/mol. The fourth-order valence-electron chi connectivity index (χ4n) is 2.86. The van der Waals surface area contributed by atoms with E-state index in [2.05, 4.69) is 10.2 Å². The van der Waals surface area contributed by atoms with Crippen molar-refractivity contribution in [1.29, 1.82) is 0 Å². The molecule has 0 bridgehead atoms.